The summed E-state index contributed by atoms with van der Waals surface area (Å²) < 4.78 is 45.2. The summed E-state index contributed by atoms with van der Waals surface area (Å²) in [7, 11) is 0. The van der Waals surface area contributed by atoms with Crippen LogP contribution in [0.2, 0.25) is 0 Å². The quantitative estimate of drug-likeness (QED) is 0.112. The van der Waals surface area contributed by atoms with E-state index in [4.69, 9.17) is 4.74 Å². The Balaban J connectivity index is 1.79. The molecule has 6 heteroatoms. The van der Waals surface area contributed by atoms with Crippen LogP contribution in [0.5, 0.6) is 5.75 Å². The van der Waals surface area contributed by atoms with E-state index in [9.17, 15) is 18.0 Å². The van der Waals surface area contributed by atoms with E-state index in [1.54, 1.807) is 24.3 Å². The number of aromatic nitrogens is 1. The zero-order valence-corrected chi connectivity index (χ0v) is 22.6. The van der Waals surface area contributed by atoms with Gasteiger partial charge in [0.05, 0.1) is 18.0 Å². The van der Waals surface area contributed by atoms with E-state index < -0.39 is 24.5 Å². The molecule has 0 aliphatic carbocycles. The number of nitrogens with zero attached hydrogens (tertiary/aromatic N) is 1. The molecule has 0 radical (unpaired) electrons. The number of halogens is 3. The number of rotatable bonds is 18. The highest BCUT2D eigenvalue weighted by Crippen LogP contribution is 2.33. The smallest absolute Gasteiger partial charge is 0.392 e. The van der Waals surface area contributed by atoms with Crippen molar-refractivity contribution in [3.63, 3.8) is 0 Å². The van der Waals surface area contributed by atoms with Crippen molar-refractivity contribution in [2.24, 2.45) is 5.92 Å². The number of aryl methyl sites for hydroxylation is 1. The van der Waals surface area contributed by atoms with Gasteiger partial charge in [0.2, 0.25) is 0 Å². The fraction of sp³-hybridized carbons (Fsp3) is 0.613. The summed E-state index contributed by atoms with van der Waals surface area (Å²) in [6.45, 7) is 4.25. The van der Waals surface area contributed by atoms with E-state index in [1.807, 2.05) is 19.2 Å². The van der Waals surface area contributed by atoms with E-state index in [0.717, 1.165) is 36.9 Å². The number of hydrogen-bond donors (Lipinski definition) is 0. The van der Waals surface area contributed by atoms with Gasteiger partial charge in [0.15, 0.2) is 0 Å². The largest absolute Gasteiger partial charge is 0.427 e. The fourth-order valence-corrected chi connectivity index (χ4v) is 4.47. The molecule has 0 amide bonds. The maximum absolute atomic E-state index is 13.3. The minimum Gasteiger partial charge on any atom is -0.427 e. The van der Waals surface area contributed by atoms with Gasteiger partial charge in [-0.05, 0) is 55.2 Å². The van der Waals surface area contributed by atoms with Crippen LogP contribution in [0.3, 0.4) is 0 Å². The molecule has 1 aromatic carbocycles. The van der Waals surface area contributed by atoms with E-state index in [-0.39, 0.29) is 12.2 Å². The van der Waals surface area contributed by atoms with Crippen molar-refractivity contribution >= 4 is 5.97 Å². The SMILES string of the molecule is CCCCCCCCCCc1ccc(-c2ccc(OC(=O)CC(CCCCCC)C(F)(F)F)cc2)nc1. The van der Waals surface area contributed by atoms with Crippen molar-refractivity contribution in [2.75, 3.05) is 0 Å². The number of carbonyl (C=O) groups excluding carboxylic acids is 1. The Kier molecular flexibility index (Phi) is 14.3. The highest BCUT2D eigenvalue weighted by atomic mass is 19.4. The van der Waals surface area contributed by atoms with Gasteiger partial charge in [-0.2, -0.15) is 13.2 Å². The van der Waals surface area contributed by atoms with Crippen LogP contribution in [-0.4, -0.2) is 17.1 Å². The second-order valence-electron chi connectivity index (χ2n) is 10.1. The predicted octanol–water partition coefficient (Wildman–Crippen LogP) is 9.88. The molecule has 1 heterocycles. The van der Waals surface area contributed by atoms with Gasteiger partial charge in [-0.25, -0.2) is 0 Å². The first-order valence-corrected chi connectivity index (χ1v) is 14.2. The molecule has 1 unspecified atom stereocenters. The summed E-state index contributed by atoms with van der Waals surface area (Å²) in [4.78, 5) is 16.8. The summed E-state index contributed by atoms with van der Waals surface area (Å²) in [5.41, 5.74) is 2.89. The molecule has 1 atom stereocenters. The Bertz CT molecular complexity index is 879. The van der Waals surface area contributed by atoms with Gasteiger partial charge in [-0.3, -0.25) is 9.78 Å². The molecule has 0 bridgehead atoms. The van der Waals surface area contributed by atoms with Crippen LogP contribution in [0.1, 0.15) is 109 Å². The highest BCUT2D eigenvalue weighted by Gasteiger charge is 2.40. The van der Waals surface area contributed by atoms with Gasteiger partial charge in [0.1, 0.15) is 5.75 Å². The number of pyridine rings is 1. The van der Waals surface area contributed by atoms with Gasteiger partial charge < -0.3 is 4.74 Å². The first kappa shape index (κ1) is 30.9. The molecular formula is C31H44F3NO2. The molecule has 0 fully saturated rings. The Morgan fingerprint density at radius 1 is 0.811 bits per heavy atom. The normalized spacial score (nSPS) is 12.5. The van der Waals surface area contributed by atoms with Crippen LogP contribution in [0, 0.1) is 5.92 Å². The third kappa shape index (κ3) is 12.6. The lowest BCUT2D eigenvalue weighted by Crippen LogP contribution is -2.27. The molecule has 0 N–H and O–H groups in total. The molecule has 206 valence electrons. The van der Waals surface area contributed by atoms with Crippen molar-refractivity contribution in [1.82, 2.24) is 4.98 Å². The van der Waals surface area contributed by atoms with E-state index in [1.165, 1.54) is 56.9 Å². The van der Waals surface area contributed by atoms with Crippen LogP contribution < -0.4 is 4.74 Å². The summed E-state index contributed by atoms with van der Waals surface area (Å²) in [5.74, 6) is -2.27. The first-order valence-electron chi connectivity index (χ1n) is 14.2. The number of benzene rings is 1. The summed E-state index contributed by atoms with van der Waals surface area (Å²) in [6, 6.07) is 10.8. The average Bonchev–Trinajstić information content (AvgIpc) is 2.88. The zero-order valence-electron chi connectivity index (χ0n) is 22.6. The van der Waals surface area contributed by atoms with E-state index in [0.29, 0.717) is 6.42 Å². The van der Waals surface area contributed by atoms with Crippen molar-refractivity contribution in [1.29, 1.82) is 0 Å². The molecule has 0 aliphatic rings. The molecule has 2 rings (SSSR count). The maximum atomic E-state index is 13.3. The van der Waals surface area contributed by atoms with E-state index >= 15 is 0 Å². The molecular weight excluding hydrogens is 475 g/mol. The number of hydrogen-bond acceptors (Lipinski definition) is 3. The lowest BCUT2D eigenvalue weighted by Gasteiger charge is -2.19. The second kappa shape index (κ2) is 17.2. The number of unbranched alkanes of at least 4 members (excludes halogenated alkanes) is 10. The number of esters is 1. The Morgan fingerprint density at radius 3 is 1.97 bits per heavy atom. The number of carbonyl (C=O) groups is 1. The minimum absolute atomic E-state index is 0.0434. The van der Waals surface area contributed by atoms with Gasteiger partial charge in [-0.1, -0.05) is 90.5 Å². The molecule has 2 aromatic rings. The maximum Gasteiger partial charge on any atom is 0.392 e. The predicted molar refractivity (Wildman–Crippen MR) is 145 cm³/mol. The fourth-order valence-electron chi connectivity index (χ4n) is 4.47. The Morgan fingerprint density at radius 2 is 1.41 bits per heavy atom. The zero-order chi connectivity index (χ0) is 26.9. The second-order valence-corrected chi connectivity index (χ2v) is 10.1. The minimum atomic E-state index is -4.40. The van der Waals surface area contributed by atoms with Crippen LogP contribution in [0.4, 0.5) is 13.2 Å². The molecule has 0 saturated heterocycles. The molecule has 0 saturated carbocycles. The molecule has 37 heavy (non-hydrogen) atoms. The third-order valence-corrected chi connectivity index (χ3v) is 6.81. The van der Waals surface area contributed by atoms with Crippen LogP contribution in [0.15, 0.2) is 42.6 Å². The van der Waals surface area contributed by atoms with Gasteiger partial charge in [0, 0.05) is 11.8 Å². The van der Waals surface area contributed by atoms with Crippen molar-refractivity contribution < 1.29 is 22.7 Å². The summed E-state index contributed by atoms with van der Waals surface area (Å²) in [5, 5.41) is 0. The van der Waals surface area contributed by atoms with Crippen molar-refractivity contribution in [3.8, 4) is 17.0 Å². The Labute approximate surface area is 221 Å². The molecule has 0 spiro atoms. The summed E-state index contributed by atoms with van der Waals surface area (Å²) in [6.07, 6.45) is 11.2. The van der Waals surface area contributed by atoms with Gasteiger partial charge in [0.25, 0.3) is 0 Å². The monoisotopic (exact) mass is 519 g/mol. The first-order chi connectivity index (χ1) is 17.8. The summed E-state index contributed by atoms with van der Waals surface area (Å²) >= 11 is 0. The molecule has 3 nitrogen and oxygen atoms in total. The van der Waals surface area contributed by atoms with Gasteiger partial charge >= 0.3 is 12.1 Å². The topological polar surface area (TPSA) is 39.2 Å². The van der Waals surface area contributed by atoms with Crippen LogP contribution in [-0.2, 0) is 11.2 Å². The average molecular weight is 520 g/mol. The van der Waals surface area contributed by atoms with E-state index in [2.05, 4.69) is 18.0 Å². The van der Waals surface area contributed by atoms with Gasteiger partial charge in [-0.15, -0.1) is 0 Å². The highest BCUT2D eigenvalue weighted by molar-refractivity contribution is 5.73. The van der Waals surface area contributed by atoms with Crippen molar-refractivity contribution in [3.05, 3.63) is 48.2 Å². The van der Waals surface area contributed by atoms with Crippen LogP contribution in [0.25, 0.3) is 11.3 Å². The lowest BCUT2D eigenvalue weighted by molar-refractivity contribution is -0.183. The Hall–Kier alpha value is -2.37. The molecule has 1 aromatic heterocycles. The lowest BCUT2D eigenvalue weighted by atomic mass is 9.97. The third-order valence-electron chi connectivity index (χ3n) is 6.81. The molecule has 0 aliphatic heterocycles. The number of ether oxygens (including phenoxy) is 1. The van der Waals surface area contributed by atoms with Crippen molar-refractivity contribution in [2.45, 2.75) is 116 Å². The number of alkyl halides is 3. The van der Waals surface area contributed by atoms with Crippen LogP contribution >= 0.6 is 0 Å². The standard InChI is InChI=1S/C31H44F3NO2/c1-3-5-7-9-10-11-12-13-15-25-17-22-29(35-24-25)26-18-20-28(21-19-26)37-30(36)23-27(31(32,33)34)16-14-8-6-4-2/h17-22,24,27H,3-16,23H2,1-2H3.